The van der Waals surface area contributed by atoms with E-state index in [1.807, 2.05) is 0 Å². The van der Waals surface area contributed by atoms with Crippen LogP contribution in [0.15, 0.2) is 18.2 Å². The van der Waals surface area contributed by atoms with Crippen LogP contribution in [-0.4, -0.2) is 42.9 Å². The van der Waals surface area contributed by atoms with E-state index in [1.165, 1.54) is 25.3 Å². The van der Waals surface area contributed by atoms with Gasteiger partial charge in [-0.05, 0) is 31.5 Å². The summed E-state index contributed by atoms with van der Waals surface area (Å²) in [5.74, 6) is -2.89. The smallest absolute Gasteiger partial charge is 0.490 e. The molecular weight excluding hydrogens is 348 g/mol. The molecule has 140 valence electrons. The second-order valence-corrected chi connectivity index (χ2v) is 5.14. The number of carboxylic acid groups (broad SMARTS) is 1. The lowest BCUT2D eigenvalue weighted by atomic mass is 10.0. The number of ether oxygens (including phenoxy) is 1. The summed E-state index contributed by atoms with van der Waals surface area (Å²) in [6, 6.07) is 4.05. The van der Waals surface area contributed by atoms with E-state index in [4.69, 9.17) is 14.6 Å². The standard InChI is InChI=1S/C13H17FN2O2.C2HF3O2/c1-18-9-5-6-10(14)12(8-9)16-13(17)11-4-2-3-7-15-11;3-2(4,5)1(6)7/h5-6,8,11,15H,2-4,7H2,1H3,(H,16,17);(H,6,7). The van der Waals surface area contributed by atoms with Crippen LogP contribution in [-0.2, 0) is 9.59 Å². The molecule has 1 aliphatic rings. The molecule has 0 saturated carbocycles. The summed E-state index contributed by atoms with van der Waals surface area (Å²) >= 11 is 0. The molecule has 1 unspecified atom stereocenters. The van der Waals surface area contributed by atoms with E-state index in [2.05, 4.69) is 10.6 Å². The van der Waals surface area contributed by atoms with Gasteiger partial charge in [-0.15, -0.1) is 0 Å². The van der Waals surface area contributed by atoms with Crippen LogP contribution in [0.3, 0.4) is 0 Å². The van der Waals surface area contributed by atoms with Gasteiger partial charge in [0.25, 0.3) is 0 Å². The molecule has 1 aliphatic heterocycles. The zero-order valence-electron chi connectivity index (χ0n) is 13.3. The van der Waals surface area contributed by atoms with Crippen molar-refractivity contribution in [2.45, 2.75) is 31.5 Å². The number of alkyl halides is 3. The first-order chi connectivity index (χ1) is 11.6. The van der Waals surface area contributed by atoms with Crippen molar-refractivity contribution in [2.24, 2.45) is 0 Å². The summed E-state index contributed by atoms with van der Waals surface area (Å²) in [6.45, 7) is 0.832. The number of nitrogens with one attached hydrogen (secondary N) is 2. The third-order valence-corrected chi connectivity index (χ3v) is 3.30. The van der Waals surface area contributed by atoms with E-state index >= 15 is 0 Å². The van der Waals surface area contributed by atoms with Gasteiger partial charge in [0.2, 0.25) is 5.91 Å². The number of aliphatic carboxylic acids is 1. The van der Waals surface area contributed by atoms with Gasteiger partial charge in [-0.1, -0.05) is 6.42 Å². The molecule has 25 heavy (non-hydrogen) atoms. The molecule has 0 bridgehead atoms. The fraction of sp³-hybridized carbons (Fsp3) is 0.467. The Labute approximate surface area is 141 Å². The number of benzene rings is 1. The van der Waals surface area contributed by atoms with Crippen molar-refractivity contribution >= 4 is 17.6 Å². The number of hydrogen-bond acceptors (Lipinski definition) is 4. The number of hydrogen-bond donors (Lipinski definition) is 3. The molecule has 2 rings (SSSR count). The van der Waals surface area contributed by atoms with Gasteiger partial charge >= 0.3 is 12.1 Å². The lowest BCUT2D eigenvalue weighted by Crippen LogP contribution is -2.43. The maximum atomic E-state index is 13.5. The van der Waals surface area contributed by atoms with Crippen molar-refractivity contribution in [3.63, 3.8) is 0 Å². The Balaban J connectivity index is 0.000000381. The Morgan fingerprint density at radius 1 is 1.32 bits per heavy atom. The summed E-state index contributed by atoms with van der Waals surface area (Å²) in [5.41, 5.74) is 0.159. The number of halogens is 4. The van der Waals surface area contributed by atoms with Gasteiger partial charge < -0.3 is 20.5 Å². The molecular formula is C15H18F4N2O4. The van der Waals surface area contributed by atoms with Crippen LogP contribution in [0, 0.1) is 5.82 Å². The maximum absolute atomic E-state index is 13.5. The van der Waals surface area contributed by atoms with E-state index < -0.39 is 18.0 Å². The number of amides is 1. The molecule has 1 amide bonds. The molecule has 10 heteroatoms. The van der Waals surface area contributed by atoms with Crippen LogP contribution in [0.1, 0.15) is 19.3 Å². The van der Waals surface area contributed by atoms with Gasteiger partial charge in [0, 0.05) is 6.07 Å². The van der Waals surface area contributed by atoms with Gasteiger partial charge in [0.1, 0.15) is 11.6 Å². The van der Waals surface area contributed by atoms with E-state index in [1.54, 1.807) is 0 Å². The Bertz CT molecular complexity index is 602. The highest BCUT2D eigenvalue weighted by molar-refractivity contribution is 5.95. The topological polar surface area (TPSA) is 87.7 Å². The van der Waals surface area contributed by atoms with Gasteiger partial charge in [-0.25, -0.2) is 9.18 Å². The maximum Gasteiger partial charge on any atom is 0.490 e. The Morgan fingerprint density at radius 2 is 1.96 bits per heavy atom. The number of rotatable bonds is 3. The third kappa shape index (κ3) is 6.96. The second kappa shape index (κ2) is 9.21. The minimum absolute atomic E-state index is 0.159. The predicted octanol–water partition coefficient (Wildman–Crippen LogP) is 2.55. The van der Waals surface area contributed by atoms with Crippen molar-refractivity contribution in [1.29, 1.82) is 0 Å². The van der Waals surface area contributed by atoms with Crippen LogP contribution in [0.25, 0.3) is 0 Å². The predicted molar refractivity (Wildman–Crippen MR) is 80.9 cm³/mol. The number of piperidine rings is 1. The monoisotopic (exact) mass is 366 g/mol. The lowest BCUT2D eigenvalue weighted by Gasteiger charge is -2.22. The minimum Gasteiger partial charge on any atom is -0.497 e. The van der Waals surface area contributed by atoms with Crippen LogP contribution in [0.5, 0.6) is 5.75 Å². The Morgan fingerprint density at radius 3 is 2.44 bits per heavy atom. The quantitative estimate of drug-likeness (QED) is 0.716. The molecule has 0 spiro atoms. The highest BCUT2D eigenvalue weighted by atomic mass is 19.4. The number of methoxy groups -OCH3 is 1. The highest BCUT2D eigenvalue weighted by Crippen LogP contribution is 2.21. The zero-order chi connectivity index (χ0) is 19.0. The fourth-order valence-electron chi connectivity index (χ4n) is 2.02. The second-order valence-electron chi connectivity index (χ2n) is 5.14. The highest BCUT2D eigenvalue weighted by Gasteiger charge is 2.38. The van der Waals surface area contributed by atoms with Gasteiger partial charge in [-0.3, -0.25) is 4.79 Å². The summed E-state index contributed by atoms with van der Waals surface area (Å²) in [4.78, 5) is 20.8. The van der Waals surface area contributed by atoms with E-state index in [0.717, 1.165) is 25.8 Å². The van der Waals surface area contributed by atoms with Crippen molar-refractivity contribution in [3.8, 4) is 5.75 Å². The summed E-state index contributed by atoms with van der Waals surface area (Å²) in [6.07, 6.45) is -2.19. The number of carbonyl (C=O) groups is 2. The average molecular weight is 366 g/mol. The molecule has 1 fully saturated rings. The molecule has 3 N–H and O–H groups in total. The number of carboxylic acids is 1. The molecule has 1 saturated heterocycles. The molecule has 1 aromatic carbocycles. The zero-order valence-corrected chi connectivity index (χ0v) is 13.3. The van der Waals surface area contributed by atoms with E-state index in [0.29, 0.717) is 5.75 Å². The van der Waals surface area contributed by atoms with E-state index in [9.17, 15) is 22.4 Å². The number of carbonyl (C=O) groups excluding carboxylic acids is 1. The average Bonchev–Trinajstić information content (AvgIpc) is 2.57. The van der Waals surface area contributed by atoms with Gasteiger partial charge in [-0.2, -0.15) is 13.2 Å². The Hall–Kier alpha value is -2.36. The van der Waals surface area contributed by atoms with E-state index in [-0.39, 0.29) is 17.6 Å². The lowest BCUT2D eigenvalue weighted by molar-refractivity contribution is -0.192. The van der Waals surface area contributed by atoms with Crippen LogP contribution < -0.4 is 15.4 Å². The summed E-state index contributed by atoms with van der Waals surface area (Å²) in [5, 5.41) is 12.8. The molecule has 6 nitrogen and oxygen atoms in total. The largest absolute Gasteiger partial charge is 0.497 e. The molecule has 1 aromatic rings. The van der Waals surface area contributed by atoms with Crippen LogP contribution in [0.2, 0.25) is 0 Å². The van der Waals surface area contributed by atoms with Crippen LogP contribution in [0.4, 0.5) is 23.2 Å². The molecule has 1 atom stereocenters. The normalized spacial score (nSPS) is 17.1. The molecule has 0 aliphatic carbocycles. The number of anilines is 1. The van der Waals surface area contributed by atoms with Crippen molar-refractivity contribution in [2.75, 3.05) is 19.0 Å². The van der Waals surface area contributed by atoms with Crippen molar-refractivity contribution in [3.05, 3.63) is 24.0 Å². The first kappa shape index (κ1) is 20.7. The first-order valence-corrected chi connectivity index (χ1v) is 7.33. The summed E-state index contributed by atoms with van der Waals surface area (Å²) < 4.78 is 50.3. The third-order valence-electron chi connectivity index (χ3n) is 3.30. The molecule has 0 aromatic heterocycles. The summed E-state index contributed by atoms with van der Waals surface area (Å²) in [7, 11) is 1.50. The fourth-order valence-corrected chi connectivity index (χ4v) is 2.02. The van der Waals surface area contributed by atoms with Crippen LogP contribution >= 0.6 is 0 Å². The SMILES string of the molecule is COc1ccc(F)c(NC(=O)C2CCCCN2)c1.O=C(O)C(F)(F)F. The molecule has 0 radical (unpaired) electrons. The van der Waals surface area contributed by atoms with Gasteiger partial charge in [0.15, 0.2) is 0 Å². The van der Waals surface area contributed by atoms with Gasteiger partial charge in [0.05, 0.1) is 18.8 Å². The molecule has 1 heterocycles. The van der Waals surface area contributed by atoms with Crippen molar-refractivity contribution < 1.29 is 37.0 Å². The first-order valence-electron chi connectivity index (χ1n) is 7.33. The van der Waals surface area contributed by atoms with Crippen molar-refractivity contribution in [1.82, 2.24) is 5.32 Å². The minimum atomic E-state index is -5.08. The Kier molecular flexibility index (Phi) is 7.62.